The summed E-state index contributed by atoms with van der Waals surface area (Å²) >= 11 is 5.59. The van der Waals surface area contributed by atoms with E-state index in [4.69, 9.17) is 22.7 Å². The maximum Gasteiger partial charge on any atom is 0.573 e. The highest BCUT2D eigenvalue weighted by Crippen LogP contribution is 2.27. The number of nitrogen functional groups attached to an aromatic ring is 1. The molecule has 0 aromatic heterocycles. The van der Waals surface area contributed by atoms with E-state index in [0.717, 1.165) is 12.1 Å². The van der Waals surface area contributed by atoms with Crippen LogP contribution < -0.4 is 10.5 Å². The zero-order chi connectivity index (χ0) is 11.6. The predicted octanol–water partition coefficient (Wildman–Crippen LogP) is 2.52. The number of halogens is 4. The fourth-order valence-corrected chi connectivity index (χ4v) is 1.18. The van der Waals surface area contributed by atoms with Crippen LogP contribution in [0.3, 0.4) is 0 Å². The van der Waals surface area contributed by atoms with E-state index < -0.39 is 12.1 Å². The first-order valence-electron chi connectivity index (χ1n) is 3.69. The second-order valence-electron chi connectivity index (χ2n) is 2.60. The zero-order valence-electron chi connectivity index (χ0n) is 7.23. The van der Waals surface area contributed by atoms with Crippen molar-refractivity contribution in [3.8, 4) is 5.75 Å². The summed E-state index contributed by atoms with van der Waals surface area (Å²) in [6, 6.07) is 3.17. The van der Waals surface area contributed by atoms with Gasteiger partial charge in [0.1, 0.15) is 11.6 Å². The van der Waals surface area contributed by atoms with E-state index in [1.54, 1.807) is 0 Å². The highest BCUT2D eigenvalue weighted by Gasteiger charge is 2.31. The normalized spacial score (nSPS) is 11.2. The van der Waals surface area contributed by atoms with Crippen molar-refractivity contribution < 1.29 is 17.9 Å². The molecule has 82 valence electrons. The number of hydrogen-bond acceptors (Lipinski definition) is 2. The summed E-state index contributed by atoms with van der Waals surface area (Å²) in [5, 5.41) is 6.99. The number of amidine groups is 1. The van der Waals surface area contributed by atoms with Crippen molar-refractivity contribution in [2.75, 3.05) is 0 Å². The van der Waals surface area contributed by atoms with Crippen molar-refractivity contribution in [3.63, 3.8) is 0 Å². The van der Waals surface area contributed by atoms with Crippen LogP contribution in [0.25, 0.3) is 0 Å². The van der Waals surface area contributed by atoms with Crippen LogP contribution in [0.4, 0.5) is 13.2 Å². The van der Waals surface area contributed by atoms with E-state index in [2.05, 4.69) is 4.74 Å². The van der Waals surface area contributed by atoms with Gasteiger partial charge in [-0.05, 0) is 18.2 Å². The molecule has 1 aromatic carbocycles. The minimum Gasteiger partial charge on any atom is -0.406 e. The van der Waals surface area contributed by atoms with Gasteiger partial charge in [0, 0.05) is 5.56 Å². The van der Waals surface area contributed by atoms with Crippen molar-refractivity contribution in [1.82, 2.24) is 0 Å². The van der Waals surface area contributed by atoms with Crippen LogP contribution in [0.2, 0.25) is 5.02 Å². The molecule has 1 rings (SSSR count). The van der Waals surface area contributed by atoms with Gasteiger partial charge in [0.05, 0.1) is 5.02 Å². The SMILES string of the molecule is N=C(N)c1ccc(OC(F)(F)F)cc1Cl. The Morgan fingerprint density at radius 3 is 2.40 bits per heavy atom. The molecule has 0 amide bonds. The summed E-state index contributed by atoms with van der Waals surface area (Å²) in [5.74, 6) is -0.768. The summed E-state index contributed by atoms with van der Waals surface area (Å²) in [7, 11) is 0. The van der Waals surface area contributed by atoms with E-state index in [-0.39, 0.29) is 16.4 Å². The first-order chi connectivity index (χ1) is 6.79. The van der Waals surface area contributed by atoms with Gasteiger partial charge in [-0.25, -0.2) is 0 Å². The molecule has 0 bridgehead atoms. The summed E-state index contributed by atoms with van der Waals surface area (Å²) < 4.78 is 39.0. The Bertz CT molecular complexity index is 392. The maximum atomic E-state index is 11.8. The third kappa shape index (κ3) is 3.32. The quantitative estimate of drug-likeness (QED) is 0.614. The van der Waals surface area contributed by atoms with Gasteiger partial charge in [-0.15, -0.1) is 13.2 Å². The molecule has 0 spiro atoms. The maximum absolute atomic E-state index is 11.8. The molecule has 3 nitrogen and oxygen atoms in total. The van der Waals surface area contributed by atoms with Gasteiger partial charge in [0.2, 0.25) is 0 Å². The Labute approximate surface area is 88.1 Å². The summed E-state index contributed by atoms with van der Waals surface area (Å²) in [4.78, 5) is 0. The molecule has 0 heterocycles. The van der Waals surface area contributed by atoms with Gasteiger partial charge in [0.25, 0.3) is 0 Å². The number of rotatable bonds is 2. The fraction of sp³-hybridized carbons (Fsp3) is 0.125. The summed E-state index contributed by atoms with van der Waals surface area (Å²) in [5.41, 5.74) is 5.29. The van der Waals surface area contributed by atoms with Crippen LogP contribution in [-0.2, 0) is 0 Å². The van der Waals surface area contributed by atoms with Crippen molar-refractivity contribution in [2.24, 2.45) is 5.73 Å². The third-order valence-corrected chi connectivity index (χ3v) is 1.78. The number of alkyl halides is 3. The third-order valence-electron chi connectivity index (χ3n) is 1.46. The summed E-state index contributed by atoms with van der Waals surface area (Å²) in [6.45, 7) is 0. The van der Waals surface area contributed by atoms with Gasteiger partial charge in [0.15, 0.2) is 0 Å². The molecule has 0 fully saturated rings. The van der Waals surface area contributed by atoms with Crippen molar-refractivity contribution in [3.05, 3.63) is 28.8 Å². The highest BCUT2D eigenvalue weighted by molar-refractivity contribution is 6.34. The van der Waals surface area contributed by atoms with Gasteiger partial charge in [-0.1, -0.05) is 11.6 Å². The second-order valence-corrected chi connectivity index (χ2v) is 3.01. The van der Waals surface area contributed by atoms with E-state index in [1.165, 1.54) is 6.07 Å². The standard InChI is InChI=1S/C8H6ClF3N2O/c9-6-3-4(15-8(10,11)12)1-2-5(6)7(13)14/h1-3H,(H3,13,14). The second kappa shape index (κ2) is 3.98. The number of nitrogens with two attached hydrogens (primary N) is 1. The van der Waals surface area contributed by atoms with Crippen LogP contribution in [0.5, 0.6) is 5.75 Å². The first kappa shape index (κ1) is 11.6. The molecule has 0 saturated heterocycles. The molecule has 3 N–H and O–H groups in total. The van der Waals surface area contributed by atoms with E-state index >= 15 is 0 Å². The first-order valence-corrected chi connectivity index (χ1v) is 4.07. The molecule has 0 atom stereocenters. The molecule has 7 heteroatoms. The molecule has 1 aromatic rings. The molecule has 0 unspecified atom stereocenters. The molecular formula is C8H6ClF3N2O. The van der Waals surface area contributed by atoms with Gasteiger partial charge < -0.3 is 10.5 Å². The van der Waals surface area contributed by atoms with Crippen LogP contribution >= 0.6 is 11.6 Å². The highest BCUT2D eigenvalue weighted by atomic mass is 35.5. The van der Waals surface area contributed by atoms with Crippen LogP contribution in [0.1, 0.15) is 5.56 Å². The van der Waals surface area contributed by atoms with Gasteiger partial charge in [-0.3, -0.25) is 5.41 Å². The lowest BCUT2D eigenvalue weighted by molar-refractivity contribution is -0.274. The Hall–Kier alpha value is -1.43. The lowest BCUT2D eigenvalue weighted by Gasteiger charge is -2.10. The van der Waals surface area contributed by atoms with Crippen LogP contribution in [0, 0.1) is 5.41 Å². The van der Waals surface area contributed by atoms with E-state index in [9.17, 15) is 13.2 Å². The lowest BCUT2D eigenvalue weighted by atomic mass is 10.2. The Morgan fingerprint density at radius 2 is 2.00 bits per heavy atom. The monoisotopic (exact) mass is 238 g/mol. The van der Waals surface area contributed by atoms with Crippen molar-refractivity contribution in [1.29, 1.82) is 5.41 Å². The average molecular weight is 239 g/mol. The molecule has 15 heavy (non-hydrogen) atoms. The van der Waals surface area contributed by atoms with E-state index in [0.29, 0.717) is 0 Å². The predicted molar refractivity (Wildman–Crippen MR) is 49.2 cm³/mol. The molecule has 0 aliphatic rings. The Balaban J connectivity index is 2.97. The molecule has 0 saturated carbocycles. The smallest absolute Gasteiger partial charge is 0.406 e. The fourth-order valence-electron chi connectivity index (χ4n) is 0.911. The van der Waals surface area contributed by atoms with Crippen molar-refractivity contribution >= 4 is 17.4 Å². The summed E-state index contributed by atoms with van der Waals surface area (Å²) in [6.07, 6.45) is -4.76. The topological polar surface area (TPSA) is 59.1 Å². The van der Waals surface area contributed by atoms with Crippen LogP contribution in [-0.4, -0.2) is 12.2 Å². The minimum atomic E-state index is -4.76. The zero-order valence-corrected chi connectivity index (χ0v) is 7.99. The minimum absolute atomic E-state index is 0.0655. The molecule has 0 aliphatic heterocycles. The van der Waals surface area contributed by atoms with E-state index in [1.807, 2.05) is 0 Å². The largest absolute Gasteiger partial charge is 0.573 e. The average Bonchev–Trinajstić information content (AvgIpc) is 1.99. The molecular weight excluding hydrogens is 233 g/mol. The van der Waals surface area contributed by atoms with Crippen molar-refractivity contribution in [2.45, 2.75) is 6.36 Å². The Morgan fingerprint density at radius 1 is 1.40 bits per heavy atom. The number of benzene rings is 1. The number of hydrogen-bond donors (Lipinski definition) is 2. The Kier molecular flexibility index (Phi) is 3.09. The van der Waals surface area contributed by atoms with Crippen LogP contribution in [0.15, 0.2) is 18.2 Å². The molecule has 0 aliphatic carbocycles. The molecule has 0 radical (unpaired) electrons. The lowest BCUT2D eigenvalue weighted by Crippen LogP contribution is -2.17. The number of nitrogens with one attached hydrogen (secondary N) is 1. The van der Waals surface area contributed by atoms with Gasteiger partial charge in [-0.2, -0.15) is 0 Å². The number of ether oxygens (including phenoxy) is 1. The van der Waals surface area contributed by atoms with Gasteiger partial charge >= 0.3 is 6.36 Å².